The molecule has 3 rings (SSSR count). The summed E-state index contributed by atoms with van der Waals surface area (Å²) in [5.74, 6) is 0.0565. The third-order valence-corrected chi connectivity index (χ3v) is 7.28. The summed E-state index contributed by atoms with van der Waals surface area (Å²) in [7, 11) is -6.53. The number of hydrogen-bond donors (Lipinski definition) is 2. The Morgan fingerprint density at radius 1 is 1.04 bits per heavy atom. The molecule has 1 heterocycles. The van der Waals surface area contributed by atoms with E-state index < -0.39 is 19.9 Å². The number of aromatic nitrogens is 2. The van der Waals surface area contributed by atoms with Crippen LogP contribution in [0.25, 0.3) is 0 Å². The van der Waals surface area contributed by atoms with E-state index in [1.54, 1.807) is 24.4 Å². The van der Waals surface area contributed by atoms with Gasteiger partial charge in [-0.2, -0.15) is 0 Å². The van der Waals surface area contributed by atoms with Gasteiger partial charge in [-0.1, -0.05) is 18.2 Å². The predicted molar refractivity (Wildman–Crippen MR) is 102 cm³/mol. The molecule has 8 nitrogen and oxygen atoms in total. The van der Waals surface area contributed by atoms with Gasteiger partial charge in [-0.15, -0.1) is 0 Å². The molecule has 148 valence electrons. The van der Waals surface area contributed by atoms with Gasteiger partial charge in [0.15, 0.2) is 0 Å². The highest BCUT2D eigenvalue weighted by atomic mass is 32.2. The van der Waals surface area contributed by atoms with Crippen LogP contribution in [0.15, 0.2) is 75.7 Å². The van der Waals surface area contributed by atoms with Crippen LogP contribution in [0.4, 0.5) is 0 Å². The first-order valence-corrected chi connectivity index (χ1v) is 11.3. The maximum atomic E-state index is 12.8. The SMILES string of the molecule is COc1ccc(S(=O)(=O)c2ccccc2)cc1S(=O)(=O)NCCc1cnc[nH]1. The summed E-state index contributed by atoms with van der Waals surface area (Å²) < 4.78 is 58.7. The summed E-state index contributed by atoms with van der Waals surface area (Å²) >= 11 is 0. The van der Waals surface area contributed by atoms with Crippen molar-refractivity contribution in [1.29, 1.82) is 0 Å². The molecule has 0 saturated heterocycles. The fourth-order valence-corrected chi connectivity index (χ4v) is 5.20. The van der Waals surface area contributed by atoms with Gasteiger partial charge >= 0.3 is 0 Å². The van der Waals surface area contributed by atoms with Crippen molar-refractivity contribution >= 4 is 19.9 Å². The number of rotatable bonds is 8. The van der Waals surface area contributed by atoms with Crippen LogP contribution in [-0.2, 0) is 26.3 Å². The van der Waals surface area contributed by atoms with Crippen LogP contribution in [0.1, 0.15) is 5.69 Å². The number of imidazole rings is 1. The van der Waals surface area contributed by atoms with Gasteiger partial charge < -0.3 is 9.72 Å². The average molecular weight is 422 g/mol. The lowest BCUT2D eigenvalue weighted by molar-refractivity contribution is 0.401. The Balaban J connectivity index is 1.92. The van der Waals surface area contributed by atoms with Crippen molar-refractivity contribution in [3.63, 3.8) is 0 Å². The highest BCUT2D eigenvalue weighted by Crippen LogP contribution is 2.29. The van der Waals surface area contributed by atoms with Gasteiger partial charge in [0.05, 0.1) is 23.2 Å². The summed E-state index contributed by atoms with van der Waals surface area (Å²) in [6.07, 6.45) is 3.51. The Labute approximate surface area is 163 Å². The van der Waals surface area contributed by atoms with Gasteiger partial charge in [0, 0.05) is 24.9 Å². The summed E-state index contributed by atoms with van der Waals surface area (Å²) in [5, 5.41) is 0. The van der Waals surface area contributed by atoms with Crippen molar-refractivity contribution in [3.05, 3.63) is 66.7 Å². The van der Waals surface area contributed by atoms with Crippen molar-refractivity contribution in [2.75, 3.05) is 13.7 Å². The van der Waals surface area contributed by atoms with Crippen LogP contribution in [0.2, 0.25) is 0 Å². The first kappa shape index (κ1) is 20.1. The first-order valence-electron chi connectivity index (χ1n) is 8.30. The van der Waals surface area contributed by atoms with Gasteiger partial charge in [-0.3, -0.25) is 0 Å². The first-order chi connectivity index (χ1) is 13.3. The molecule has 0 spiro atoms. The molecule has 0 aliphatic rings. The van der Waals surface area contributed by atoms with E-state index in [0.717, 1.165) is 11.8 Å². The lowest BCUT2D eigenvalue weighted by Gasteiger charge is -2.13. The third-order valence-electron chi connectivity index (χ3n) is 4.03. The van der Waals surface area contributed by atoms with Gasteiger partial charge in [0.25, 0.3) is 0 Å². The van der Waals surface area contributed by atoms with Gasteiger partial charge in [-0.25, -0.2) is 26.5 Å². The second kappa shape index (κ2) is 8.13. The van der Waals surface area contributed by atoms with Crippen LogP contribution >= 0.6 is 0 Å². The standard InChI is InChI=1S/C18H19N3O5S2/c1-26-17-8-7-16(27(22,23)15-5-3-2-4-6-15)11-18(17)28(24,25)21-10-9-14-12-19-13-20-14/h2-8,11-13,21H,9-10H2,1H3,(H,19,20). The van der Waals surface area contributed by atoms with Crippen molar-refractivity contribution in [2.45, 2.75) is 21.1 Å². The minimum atomic E-state index is -3.99. The number of H-pyrrole nitrogens is 1. The summed E-state index contributed by atoms with van der Waals surface area (Å²) in [5.41, 5.74) is 0.773. The third kappa shape index (κ3) is 4.24. The zero-order chi connectivity index (χ0) is 20.2. The lowest BCUT2D eigenvalue weighted by Crippen LogP contribution is -2.26. The Morgan fingerprint density at radius 2 is 1.79 bits per heavy atom. The Kier molecular flexibility index (Phi) is 5.82. The number of sulfonamides is 1. The van der Waals surface area contributed by atoms with Gasteiger partial charge in [0.1, 0.15) is 10.6 Å². The minimum Gasteiger partial charge on any atom is -0.495 e. The van der Waals surface area contributed by atoms with Crippen LogP contribution in [0.5, 0.6) is 5.75 Å². The number of ether oxygens (including phenoxy) is 1. The largest absolute Gasteiger partial charge is 0.495 e. The van der Waals surface area contributed by atoms with Crippen LogP contribution in [0.3, 0.4) is 0 Å². The molecule has 0 atom stereocenters. The number of hydrogen-bond acceptors (Lipinski definition) is 6. The molecule has 2 aromatic carbocycles. The van der Waals surface area contributed by atoms with Crippen LogP contribution in [0, 0.1) is 0 Å². The van der Waals surface area contributed by atoms with Gasteiger partial charge in [0.2, 0.25) is 19.9 Å². The van der Waals surface area contributed by atoms with E-state index >= 15 is 0 Å². The minimum absolute atomic E-state index is 0.0565. The Hall–Kier alpha value is -2.69. The number of nitrogens with one attached hydrogen (secondary N) is 2. The summed E-state index contributed by atoms with van der Waals surface area (Å²) in [6, 6.07) is 11.6. The molecule has 0 saturated carbocycles. The monoisotopic (exact) mass is 421 g/mol. The summed E-state index contributed by atoms with van der Waals surface area (Å²) in [6.45, 7) is 0.114. The molecule has 0 aliphatic carbocycles. The molecule has 0 bridgehead atoms. The molecule has 10 heteroatoms. The normalized spacial score (nSPS) is 12.0. The average Bonchev–Trinajstić information content (AvgIpc) is 3.21. The molecule has 1 aromatic heterocycles. The maximum Gasteiger partial charge on any atom is 0.244 e. The van der Waals surface area contributed by atoms with E-state index in [4.69, 9.17) is 4.74 Å². The molecule has 3 aromatic rings. The van der Waals surface area contributed by atoms with Crippen molar-refractivity contribution < 1.29 is 21.6 Å². The zero-order valence-electron chi connectivity index (χ0n) is 15.0. The van der Waals surface area contributed by atoms with E-state index in [9.17, 15) is 16.8 Å². The number of benzene rings is 2. The fourth-order valence-electron chi connectivity index (χ4n) is 2.59. The number of methoxy groups -OCH3 is 1. The maximum absolute atomic E-state index is 12.8. The van der Waals surface area contributed by atoms with E-state index in [-0.39, 0.29) is 27.0 Å². The second-order valence-corrected chi connectivity index (χ2v) is 9.54. The number of aromatic amines is 1. The number of sulfone groups is 1. The van der Waals surface area contributed by atoms with Crippen molar-refractivity contribution in [1.82, 2.24) is 14.7 Å². The molecule has 0 unspecified atom stereocenters. The molecule has 0 aliphatic heterocycles. The highest BCUT2D eigenvalue weighted by Gasteiger charge is 2.24. The predicted octanol–water partition coefficient (Wildman–Crippen LogP) is 1.77. The second-order valence-electron chi connectivity index (χ2n) is 5.85. The van der Waals surface area contributed by atoms with Crippen LogP contribution in [-0.4, -0.2) is 40.5 Å². The Bertz CT molecular complexity index is 1140. The van der Waals surface area contributed by atoms with Crippen LogP contribution < -0.4 is 9.46 Å². The smallest absolute Gasteiger partial charge is 0.244 e. The van der Waals surface area contributed by atoms with Crippen molar-refractivity contribution in [2.24, 2.45) is 0 Å². The van der Waals surface area contributed by atoms with Crippen molar-refractivity contribution in [3.8, 4) is 5.75 Å². The lowest BCUT2D eigenvalue weighted by atomic mass is 10.3. The van der Waals surface area contributed by atoms with E-state index in [1.165, 1.54) is 37.7 Å². The van der Waals surface area contributed by atoms with E-state index in [2.05, 4.69) is 14.7 Å². The molecule has 2 N–H and O–H groups in total. The molecule has 0 fully saturated rings. The molecule has 0 radical (unpaired) electrons. The topological polar surface area (TPSA) is 118 Å². The quantitative estimate of drug-likeness (QED) is 0.572. The zero-order valence-corrected chi connectivity index (χ0v) is 16.6. The molecule has 0 amide bonds. The number of nitrogens with zero attached hydrogens (tertiary/aromatic N) is 1. The fraction of sp³-hybridized carbons (Fsp3) is 0.167. The molecular weight excluding hydrogens is 402 g/mol. The van der Waals surface area contributed by atoms with E-state index in [1.807, 2.05) is 0 Å². The van der Waals surface area contributed by atoms with E-state index in [0.29, 0.717) is 6.42 Å². The van der Waals surface area contributed by atoms with Gasteiger partial charge in [-0.05, 0) is 30.3 Å². The summed E-state index contributed by atoms with van der Waals surface area (Å²) in [4.78, 5) is 6.46. The highest BCUT2D eigenvalue weighted by molar-refractivity contribution is 7.91. The molecule has 28 heavy (non-hydrogen) atoms. The molecular formula is C18H19N3O5S2. The Morgan fingerprint density at radius 3 is 2.43 bits per heavy atom.